The zero-order valence-corrected chi connectivity index (χ0v) is 9.53. The van der Waals surface area contributed by atoms with Crippen molar-refractivity contribution in [2.24, 2.45) is 0 Å². The fraction of sp³-hybridized carbons (Fsp3) is 0.417. The van der Waals surface area contributed by atoms with Crippen LogP contribution in [-0.4, -0.2) is 24.3 Å². The zero-order valence-electron chi connectivity index (χ0n) is 9.53. The van der Waals surface area contributed by atoms with Crippen LogP contribution in [0.1, 0.15) is 19.4 Å². The quantitative estimate of drug-likeness (QED) is 0.797. The van der Waals surface area contributed by atoms with E-state index in [2.05, 4.69) is 4.74 Å². The standard InChI is InChI=1S/C12H15FO3/c1-12(2,10(14)11(15)16-3)8-6-4-5-7-9(8)13/h4-7,10,14H,1-3H3. The van der Waals surface area contributed by atoms with Crippen molar-refractivity contribution in [1.82, 2.24) is 0 Å². The summed E-state index contributed by atoms with van der Waals surface area (Å²) in [6.07, 6.45) is -1.39. The van der Waals surface area contributed by atoms with Crippen LogP contribution in [0.2, 0.25) is 0 Å². The van der Waals surface area contributed by atoms with E-state index in [0.29, 0.717) is 0 Å². The molecule has 1 aromatic rings. The van der Waals surface area contributed by atoms with Crippen LogP contribution in [0.4, 0.5) is 4.39 Å². The van der Waals surface area contributed by atoms with Crippen LogP contribution in [0.25, 0.3) is 0 Å². The van der Waals surface area contributed by atoms with Gasteiger partial charge in [0.05, 0.1) is 7.11 Å². The highest BCUT2D eigenvalue weighted by atomic mass is 19.1. The number of esters is 1. The molecule has 0 saturated carbocycles. The molecule has 0 radical (unpaired) electrons. The molecular formula is C12H15FO3. The first-order valence-corrected chi connectivity index (χ1v) is 4.92. The Morgan fingerprint density at radius 2 is 2.00 bits per heavy atom. The summed E-state index contributed by atoms with van der Waals surface area (Å²) in [5.74, 6) is -1.22. The molecule has 0 saturated heterocycles. The Morgan fingerprint density at radius 3 is 2.50 bits per heavy atom. The molecule has 88 valence electrons. The van der Waals surface area contributed by atoms with Crippen molar-refractivity contribution in [3.8, 4) is 0 Å². The number of carbonyl (C=O) groups is 1. The van der Waals surface area contributed by atoms with Gasteiger partial charge in [-0.15, -0.1) is 0 Å². The molecule has 0 bridgehead atoms. The molecule has 0 heterocycles. The maximum Gasteiger partial charge on any atom is 0.335 e. The molecule has 1 rings (SSSR count). The van der Waals surface area contributed by atoms with Gasteiger partial charge in [-0.3, -0.25) is 0 Å². The van der Waals surface area contributed by atoms with Gasteiger partial charge in [0.2, 0.25) is 0 Å². The molecule has 1 N–H and O–H groups in total. The number of aliphatic hydroxyl groups is 1. The molecule has 4 heteroatoms. The van der Waals surface area contributed by atoms with Gasteiger partial charge in [0, 0.05) is 5.41 Å². The molecule has 0 amide bonds. The number of ether oxygens (including phenoxy) is 1. The van der Waals surface area contributed by atoms with Gasteiger partial charge in [0.1, 0.15) is 5.82 Å². The SMILES string of the molecule is COC(=O)C(O)C(C)(C)c1ccccc1F. The van der Waals surface area contributed by atoms with Gasteiger partial charge in [-0.2, -0.15) is 0 Å². The zero-order chi connectivity index (χ0) is 12.3. The molecule has 0 aliphatic heterocycles. The van der Waals surface area contributed by atoms with Crippen molar-refractivity contribution in [3.63, 3.8) is 0 Å². The summed E-state index contributed by atoms with van der Waals surface area (Å²) in [7, 11) is 1.18. The van der Waals surface area contributed by atoms with Crippen molar-refractivity contribution < 1.29 is 19.0 Å². The van der Waals surface area contributed by atoms with E-state index in [1.807, 2.05) is 0 Å². The maximum absolute atomic E-state index is 13.5. The molecule has 0 spiro atoms. The van der Waals surface area contributed by atoms with E-state index in [-0.39, 0.29) is 5.56 Å². The lowest BCUT2D eigenvalue weighted by atomic mass is 9.79. The maximum atomic E-state index is 13.5. The van der Waals surface area contributed by atoms with Gasteiger partial charge < -0.3 is 9.84 Å². The third-order valence-corrected chi connectivity index (χ3v) is 2.68. The van der Waals surface area contributed by atoms with Crippen LogP contribution in [-0.2, 0) is 14.9 Å². The Morgan fingerprint density at radius 1 is 1.44 bits per heavy atom. The minimum absolute atomic E-state index is 0.285. The van der Waals surface area contributed by atoms with E-state index in [0.717, 1.165) is 0 Å². The van der Waals surface area contributed by atoms with E-state index in [1.165, 1.54) is 13.2 Å². The highest BCUT2D eigenvalue weighted by molar-refractivity contribution is 5.76. The molecule has 3 nitrogen and oxygen atoms in total. The molecule has 16 heavy (non-hydrogen) atoms. The lowest BCUT2D eigenvalue weighted by molar-refractivity contribution is -0.153. The summed E-state index contributed by atoms with van der Waals surface area (Å²) in [6, 6.07) is 6.05. The van der Waals surface area contributed by atoms with Crippen molar-refractivity contribution in [3.05, 3.63) is 35.6 Å². The minimum Gasteiger partial charge on any atom is -0.467 e. The number of halogens is 1. The van der Waals surface area contributed by atoms with Crippen molar-refractivity contribution >= 4 is 5.97 Å². The number of rotatable bonds is 3. The average molecular weight is 226 g/mol. The summed E-state index contributed by atoms with van der Waals surface area (Å²) < 4.78 is 18.0. The first-order valence-electron chi connectivity index (χ1n) is 4.92. The summed E-state index contributed by atoms with van der Waals surface area (Å²) in [5, 5.41) is 9.78. The van der Waals surface area contributed by atoms with E-state index in [4.69, 9.17) is 0 Å². The fourth-order valence-corrected chi connectivity index (χ4v) is 1.54. The normalized spacial score (nSPS) is 13.3. The first kappa shape index (κ1) is 12.6. The molecule has 0 aliphatic carbocycles. The van der Waals surface area contributed by atoms with Crippen LogP contribution >= 0.6 is 0 Å². The third kappa shape index (κ3) is 2.22. The number of benzene rings is 1. The van der Waals surface area contributed by atoms with Crippen LogP contribution in [0.15, 0.2) is 24.3 Å². The van der Waals surface area contributed by atoms with Gasteiger partial charge in [0.25, 0.3) is 0 Å². The van der Waals surface area contributed by atoms with Crippen molar-refractivity contribution in [1.29, 1.82) is 0 Å². The molecule has 0 aliphatic rings. The highest BCUT2D eigenvalue weighted by Gasteiger charge is 2.37. The monoisotopic (exact) mass is 226 g/mol. The molecule has 0 fully saturated rings. The smallest absolute Gasteiger partial charge is 0.335 e. The second kappa shape index (κ2) is 4.61. The topological polar surface area (TPSA) is 46.5 Å². The van der Waals surface area contributed by atoms with Gasteiger partial charge in [-0.25, -0.2) is 9.18 Å². The van der Waals surface area contributed by atoms with Crippen molar-refractivity contribution in [2.75, 3.05) is 7.11 Å². The number of carbonyl (C=O) groups excluding carboxylic acids is 1. The summed E-state index contributed by atoms with van der Waals surface area (Å²) in [6.45, 7) is 3.18. The Kier molecular flexibility index (Phi) is 3.65. The van der Waals surface area contributed by atoms with Gasteiger partial charge >= 0.3 is 5.97 Å². The number of hydrogen-bond acceptors (Lipinski definition) is 3. The Balaban J connectivity index is 3.11. The Hall–Kier alpha value is -1.42. The van der Waals surface area contributed by atoms with E-state index >= 15 is 0 Å². The van der Waals surface area contributed by atoms with Gasteiger partial charge in [-0.1, -0.05) is 32.0 Å². The minimum atomic E-state index is -1.39. The largest absolute Gasteiger partial charge is 0.467 e. The molecule has 1 atom stereocenters. The second-order valence-electron chi connectivity index (χ2n) is 4.13. The molecule has 1 aromatic carbocycles. The van der Waals surface area contributed by atoms with Crippen molar-refractivity contribution in [2.45, 2.75) is 25.4 Å². The van der Waals surface area contributed by atoms with Gasteiger partial charge in [-0.05, 0) is 11.6 Å². The number of hydrogen-bond donors (Lipinski definition) is 1. The summed E-state index contributed by atoms with van der Waals surface area (Å²) in [5.41, 5.74) is -0.744. The number of methoxy groups -OCH3 is 1. The summed E-state index contributed by atoms with van der Waals surface area (Å²) in [4.78, 5) is 11.2. The van der Waals surface area contributed by atoms with Crippen LogP contribution in [0.5, 0.6) is 0 Å². The predicted molar refractivity (Wildman–Crippen MR) is 57.4 cm³/mol. The predicted octanol–water partition coefficient (Wildman–Crippen LogP) is 1.64. The average Bonchev–Trinajstić information content (AvgIpc) is 2.27. The third-order valence-electron chi connectivity index (χ3n) is 2.68. The molecule has 1 unspecified atom stereocenters. The van der Waals surface area contributed by atoms with Crippen LogP contribution in [0.3, 0.4) is 0 Å². The first-order chi connectivity index (χ1) is 7.41. The lowest BCUT2D eigenvalue weighted by Gasteiger charge is -2.29. The lowest BCUT2D eigenvalue weighted by Crippen LogP contribution is -2.41. The highest BCUT2D eigenvalue weighted by Crippen LogP contribution is 2.29. The van der Waals surface area contributed by atoms with E-state index in [1.54, 1.807) is 32.0 Å². The van der Waals surface area contributed by atoms with Crippen LogP contribution in [0, 0.1) is 5.82 Å². The van der Waals surface area contributed by atoms with E-state index in [9.17, 15) is 14.3 Å². The fourth-order valence-electron chi connectivity index (χ4n) is 1.54. The van der Waals surface area contributed by atoms with Crippen LogP contribution < -0.4 is 0 Å². The van der Waals surface area contributed by atoms with E-state index < -0.39 is 23.3 Å². The Labute approximate surface area is 93.9 Å². The number of aliphatic hydroxyl groups excluding tert-OH is 1. The molecular weight excluding hydrogens is 211 g/mol. The molecule has 0 aromatic heterocycles. The second-order valence-corrected chi connectivity index (χ2v) is 4.13. The summed E-state index contributed by atoms with van der Waals surface area (Å²) >= 11 is 0. The van der Waals surface area contributed by atoms with Gasteiger partial charge in [0.15, 0.2) is 6.10 Å². The Bertz CT molecular complexity index is 388.